The van der Waals surface area contributed by atoms with Crippen molar-refractivity contribution in [2.75, 3.05) is 19.1 Å². The van der Waals surface area contributed by atoms with Gasteiger partial charge in [0, 0.05) is 6.04 Å². The Morgan fingerprint density at radius 1 is 1.37 bits per heavy atom. The molecule has 0 heterocycles. The fourth-order valence-electron chi connectivity index (χ4n) is 2.22. The largest absolute Gasteiger partial charge is 0.467 e. The number of methoxy groups -OCH3 is 1. The molecule has 106 valence electrons. The number of esters is 1. The van der Waals surface area contributed by atoms with Crippen LogP contribution < -0.4 is 5.32 Å². The zero-order valence-corrected chi connectivity index (χ0v) is 12.9. The average molecular weight is 281 g/mol. The topological polar surface area (TPSA) is 38.3 Å². The van der Waals surface area contributed by atoms with Crippen molar-refractivity contribution in [3.63, 3.8) is 0 Å². The first-order chi connectivity index (χ1) is 9.06. The van der Waals surface area contributed by atoms with E-state index in [1.54, 1.807) is 11.8 Å². The minimum absolute atomic E-state index is 0.196. The monoisotopic (exact) mass is 281 g/mol. The Bertz CT molecular complexity index is 394. The van der Waals surface area contributed by atoms with E-state index in [0.29, 0.717) is 6.42 Å². The molecule has 1 atom stereocenters. The molecule has 0 aliphatic carbocycles. The number of nitrogens with one attached hydrogen (secondary N) is 1. The number of hydrogen-bond acceptors (Lipinski definition) is 4. The lowest BCUT2D eigenvalue weighted by atomic mass is 9.86. The van der Waals surface area contributed by atoms with Crippen LogP contribution in [0.5, 0.6) is 0 Å². The molecule has 0 aromatic heterocycles. The van der Waals surface area contributed by atoms with Gasteiger partial charge in [0.05, 0.1) is 7.11 Å². The minimum atomic E-state index is -0.757. The van der Waals surface area contributed by atoms with Crippen LogP contribution in [0, 0.1) is 0 Å². The van der Waals surface area contributed by atoms with Gasteiger partial charge in [-0.3, -0.25) is 5.32 Å². The molecular weight excluding hydrogens is 258 g/mol. The third-order valence-electron chi connectivity index (χ3n) is 3.02. The molecule has 0 aliphatic rings. The SMILES string of the molecule is COC(=O)C(CCSC)(NC(C)C)c1ccccc1. The molecule has 3 nitrogen and oxygen atoms in total. The average Bonchev–Trinajstić information content (AvgIpc) is 2.43. The van der Waals surface area contributed by atoms with E-state index in [1.165, 1.54) is 7.11 Å². The van der Waals surface area contributed by atoms with Gasteiger partial charge in [0.1, 0.15) is 5.54 Å². The van der Waals surface area contributed by atoms with E-state index >= 15 is 0 Å². The molecule has 0 aliphatic heterocycles. The highest BCUT2D eigenvalue weighted by Crippen LogP contribution is 2.29. The van der Waals surface area contributed by atoms with Crippen LogP contribution in [0.25, 0.3) is 0 Å². The third kappa shape index (κ3) is 3.98. The Kier molecular flexibility index (Phi) is 6.38. The number of ether oxygens (including phenoxy) is 1. The van der Waals surface area contributed by atoms with E-state index in [9.17, 15) is 4.79 Å². The Labute approximate surface area is 120 Å². The van der Waals surface area contributed by atoms with Crippen molar-refractivity contribution >= 4 is 17.7 Å². The molecule has 19 heavy (non-hydrogen) atoms. The molecule has 0 bridgehead atoms. The molecule has 1 aromatic rings. The highest BCUT2D eigenvalue weighted by atomic mass is 32.2. The summed E-state index contributed by atoms with van der Waals surface area (Å²) in [7, 11) is 1.45. The van der Waals surface area contributed by atoms with Crippen LogP contribution in [-0.4, -0.2) is 31.1 Å². The highest BCUT2D eigenvalue weighted by Gasteiger charge is 2.41. The van der Waals surface area contributed by atoms with E-state index in [1.807, 2.05) is 50.4 Å². The van der Waals surface area contributed by atoms with E-state index in [2.05, 4.69) is 5.32 Å². The maximum Gasteiger partial charge on any atom is 0.330 e. The quantitative estimate of drug-likeness (QED) is 0.780. The van der Waals surface area contributed by atoms with Gasteiger partial charge in [-0.1, -0.05) is 30.3 Å². The van der Waals surface area contributed by atoms with Gasteiger partial charge in [0.2, 0.25) is 0 Å². The van der Waals surface area contributed by atoms with Gasteiger partial charge in [0.25, 0.3) is 0 Å². The van der Waals surface area contributed by atoms with E-state index < -0.39 is 5.54 Å². The number of hydrogen-bond donors (Lipinski definition) is 1. The number of carbonyl (C=O) groups excluding carboxylic acids is 1. The molecule has 0 saturated carbocycles. The van der Waals surface area contributed by atoms with Crippen LogP contribution in [0.15, 0.2) is 30.3 Å². The first-order valence-electron chi connectivity index (χ1n) is 6.47. The summed E-state index contributed by atoms with van der Waals surface area (Å²) in [4.78, 5) is 12.4. The van der Waals surface area contributed by atoms with Crippen LogP contribution in [0.1, 0.15) is 25.8 Å². The first kappa shape index (κ1) is 16.1. The number of benzene rings is 1. The van der Waals surface area contributed by atoms with Crippen molar-refractivity contribution in [3.8, 4) is 0 Å². The zero-order chi connectivity index (χ0) is 14.3. The van der Waals surface area contributed by atoms with Gasteiger partial charge >= 0.3 is 5.97 Å². The van der Waals surface area contributed by atoms with Crippen molar-refractivity contribution < 1.29 is 9.53 Å². The Balaban J connectivity index is 3.21. The summed E-state index contributed by atoms with van der Waals surface area (Å²) in [6.45, 7) is 4.08. The number of thioether (sulfide) groups is 1. The Hall–Kier alpha value is -1.00. The second-order valence-corrected chi connectivity index (χ2v) is 5.79. The maximum absolute atomic E-state index is 12.4. The Morgan fingerprint density at radius 2 is 2.00 bits per heavy atom. The van der Waals surface area contributed by atoms with Crippen LogP contribution in [0.2, 0.25) is 0 Å². The lowest BCUT2D eigenvalue weighted by Gasteiger charge is -2.34. The second-order valence-electron chi connectivity index (χ2n) is 4.80. The standard InChI is InChI=1S/C15H23NO2S/c1-12(2)16-15(10-11-19-4,14(17)18-3)13-8-6-5-7-9-13/h5-9,12,16H,10-11H2,1-4H3. The van der Waals surface area contributed by atoms with Crippen LogP contribution in [0.3, 0.4) is 0 Å². The fourth-order valence-corrected chi connectivity index (χ4v) is 2.73. The van der Waals surface area contributed by atoms with Crippen molar-refractivity contribution in [1.82, 2.24) is 5.32 Å². The van der Waals surface area contributed by atoms with Crippen molar-refractivity contribution in [2.24, 2.45) is 0 Å². The fraction of sp³-hybridized carbons (Fsp3) is 0.533. The predicted molar refractivity (Wildman–Crippen MR) is 81.4 cm³/mol. The number of carbonyl (C=O) groups is 1. The molecule has 0 saturated heterocycles. The second kappa shape index (κ2) is 7.56. The summed E-state index contributed by atoms with van der Waals surface area (Å²) in [6, 6.07) is 10.0. The van der Waals surface area contributed by atoms with E-state index in [0.717, 1.165) is 11.3 Å². The van der Waals surface area contributed by atoms with Crippen LogP contribution in [0.4, 0.5) is 0 Å². The third-order valence-corrected chi connectivity index (χ3v) is 3.63. The van der Waals surface area contributed by atoms with Crippen molar-refractivity contribution in [1.29, 1.82) is 0 Å². The highest BCUT2D eigenvalue weighted by molar-refractivity contribution is 7.98. The summed E-state index contributed by atoms with van der Waals surface area (Å²) >= 11 is 1.73. The normalized spacial score (nSPS) is 14.2. The van der Waals surface area contributed by atoms with Gasteiger partial charge in [-0.2, -0.15) is 11.8 Å². The first-order valence-corrected chi connectivity index (χ1v) is 7.86. The van der Waals surface area contributed by atoms with Gasteiger partial charge < -0.3 is 4.74 Å². The molecule has 0 amide bonds. The molecule has 1 unspecified atom stereocenters. The van der Waals surface area contributed by atoms with E-state index in [-0.39, 0.29) is 12.0 Å². The maximum atomic E-state index is 12.4. The van der Waals surface area contributed by atoms with Gasteiger partial charge in [0.15, 0.2) is 0 Å². The lowest BCUT2D eigenvalue weighted by molar-refractivity contribution is -0.149. The molecule has 1 N–H and O–H groups in total. The summed E-state index contributed by atoms with van der Waals surface area (Å²) in [6.07, 6.45) is 2.76. The van der Waals surface area contributed by atoms with Crippen LogP contribution >= 0.6 is 11.8 Å². The minimum Gasteiger partial charge on any atom is -0.467 e. The number of rotatable bonds is 7. The zero-order valence-electron chi connectivity index (χ0n) is 12.1. The molecular formula is C15H23NO2S. The Morgan fingerprint density at radius 3 is 2.47 bits per heavy atom. The smallest absolute Gasteiger partial charge is 0.330 e. The molecule has 0 spiro atoms. The van der Waals surface area contributed by atoms with Crippen molar-refractivity contribution in [3.05, 3.63) is 35.9 Å². The van der Waals surface area contributed by atoms with Gasteiger partial charge in [-0.25, -0.2) is 4.79 Å². The lowest BCUT2D eigenvalue weighted by Crippen LogP contribution is -2.53. The van der Waals surface area contributed by atoms with Crippen LogP contribution in [-0.2, 0) is 15.1 Å². The summed E-state index contributed by atoms with van der Waals surface area (Å²) in [5.41, 5.74) is 0.206. The molecule has 0 fully saturated rings. The van der Waals surface area contributed by atoms with Gasteiger partial charge in [-0.05, 0) is 37.8 Å². The van der Waals surface area contributed by atoms with Gasteiger partial charge in [-0.15, -0.1) is 0 Å². The predicted octanol–water partition coefficient (Wildman–Crippen LogP) is 2.81. The summed E-state index contributed by atoms with van der Waals surface area (Å²) in [5, 5.41) is 3.41. The molecule has 0 radical (unpaired) electrons. The van der Waals surface area contributed by atoms with Crippen molar-refractivity contribution in [2.45, 2.75) is 31.8 Å². The summed E-state index contributed by atoms with van der Waals surface area (Å²) < 4.78 is 5.06. The molecule has 4 heteroatoms. The van der Waals surface area contributed by atoms with E-state index in [4.69, 9.17) is 4.74 Å². The molecule has 1 aromatic carbocycles. The molecule has 1 rings (SSSR count). The summed E-state index contributed by atoms with van der Waals surface area (Å²) in [5.74, 6) is 0.672.